The van der Waals surface area contributed by atoms with Gasteiger partial charge in [0.2, 0.25) is 0 Å². The van der Waals surface area contributed by atoms with E-state index in [9.17, 15) is 0 Å². The lowest BCUT2D eigenvalue weighted by Crippen LogP contribution is -2.10. The molecule has 0 atom stereocenters. The minimum Gasteiger partial charge on any atom is -0.455 e. The SMILES string of the molecule is c1ccc2c(c1)ccc1cc(-c3ccc(N(c4ccc(-c5cc6ccccc6c6ccccc56)cc4)c4cccc5oc6c7ccccc7ccc6c45)cc3)ccc12. The number of anilines is 3. The monoisotopic (exact) mass is 737 g/mol. The molecule has 11 aromatic carbocycles. The Morgan fingerprint density at radius 2 is 0.828 bits per heavy atom. The summed E-state index contributed by atoms with van der Waals surface area (Å²) in [5.74, 6) is 0. The quantitative estimate of drug-likeness (QED) is 0.164. The van der Waals surface area contributed by atoms with E-state index in [1.807, 2.05) is 0 Å². The molecule has 0 amide bonds. The fraction of sp³-hybridized carbons (Fsp3) is 0. The van der Waals surface area contributed by atoms with Crippen molar-refractivity contribution in [1.29, 1.82) is 0 Å². The van der Waals surface area contributed by atoms with Crippen LogP contribution in [0.15, 0.2) is 217 Å². The molecule has 0 aliphatic rings. The third-order valence-electron chi connectivity index (χ3n) is 12.0. The second-order valence-electron chi connectivity index (χ2n) is 15.3. The molecule has 0 N–H and O–H groups in total. The van der Waals surface area contributed by atoms with Gasteiger partial charge in [0.25, 0.3) is 0 Å². The molecule has 0 spiro atoms. The van der Waals surface area contributed by atoms with Crippen molar-refractivity contribution in [3.8, 4) is 22.3 Å². The molecule has 0 aliphatic carbocycles. The average molecular weight is 738 g/mol. The van der Waals surface area contributed by atoms with Crippen molar-refractivity contribution in [2.45, 2.75) is 0 Å². The molecule has 0 aliphatic heterocycles. The van der Waals surface area contributed by atoms with Crippen LogP contribution in [0.3, 0.4) is 0 Å². The fourth-order valence-electron chi connectivity index (χ4n) is 9.23. The Balaban J connectivity index is 1.02. The van der Waals surface area contributed by atoms with Crippen LogP contribution in [-0.2, 0) is 0 Å². The van der Waals surface area contributed by atoms with E-state index in [0.717, 1.165) is 44.4 Å². The van der Waals surface area contributed by atoms with Gasteiger partial charge < -0.3 is 9.32 Å². The van der Waals surface area contributed by atoms with Gasteiger partial charge in [-0.15, -0.1) is 0 Å². The van der Waals surface area contributed by atoms with Gasteiger partial charge in [-0.25, -0.2) is 0 Å². The molecule has 2 nitrogen and oxygen atoms in total. The summed E-state index contributed by atoms with van der Waals surface area (Å²) in [5, 5.41) is 14.6. The summed E-state index contributed by atoms with van der Waals surface area (Å²) in [6.07, 6.45) is 0. The molecule has 12 rings (SSSR count). The molecule has 0 radical (unpaired) electrons. The maximum Gasteiger partial charge on any atom is 0.143 e. The first kappa shape index (κ1) is 32.6. The Kier molecular flexibility index (Phi) is 7.26. The van der Waals surface area contributed by atoms with Crippen LogP contribution in [0.2, 0.25) is 0 Å². The largest absolute Gasteiger partial charge is 0.455 e. The van der Waals surface area contributed by atoms with Gasteiger partial charge in [0.05, 0.1) is 11.1 Å². The Hall–Kier alpha value is -7.68. The van der Waals surface area contributed by atoms with Crippen LogP contribution in [0, 0.1) is 0 Å². The van der Waals surface area contributed by atoms with E-state index in [0.29, 0.717) is 0 Å². The van der Waals surface area contributed by atoms with Crippen molar-refractivity contribution >= 4 is 92.9 Å². The summed E-state index contributed by atoms with van der Waals surface area (Å²) in [7, 11) is 0. The summed E-state index contributed by atoms with van der Waals surface area (Å²) in [6, 6.07) is 77.0. The predicted molar refractivity (Wildman–Crippen MR) is 247 cm³/mol. The molecule has 12 aromatic rings. The number of rotatable bonds is 5. The molecule has 2 heteroatoms. The van der Waals surface area contributed by atoms with Crippen LogP contribution in [0.25, 0.3) is 98.1 Å². The van der Waals surface area contributed by atoms with Crippen LogP contribution >= 0.6 is 0 Å². The number of hydrogen-bond donors (Lipinski definition) is 0. The highest BCUT2D eigenvalue weighted by atomic mass is 16.3. The Morgan fingerprint density at radius 3 is 1.59 bits per heavy atom. The van der Waals surface area contributed by atoms with E-state index in [4.69, 9.17) is 4.42 Å². The predicted octanol–water partition coefficient (Wildman–Crippen LogP) is 16.2. The minimum absolute atomic E-state index is 0.869. The van der Waals surface area contributed by atoms with Gasteiger partial charge in [-0.05, 0) is 125 Å². The number of furan rings is 1. The van der Waals surface area contributed by atoms with Crippen LogP contribution in [0.5, 0.6) is 0 Å². The molecule has 0 bridgehead atoms. The van der Waals surface area contributed by atoms with E-state index >= 15 is 0 Å². The standard InChI is InChI=1S/C56H35NO/c1-4-13-45-37(10-1)20-21-42-34-40(27-32-47(42)45)36-22-28-43(29-23-36)57(53-18-9-19-54-55(53)51-33-26-38-11-2-6-15-48(38)56(51)58-54)44-30-24-39(25-31-44)52-35-41-12-3-5-14-46(41)49-16-7-8-17-50(49)52/h1-35H. The van der Waals surface area contributed by atoms with Crippen molar-refractivity contribution in [2.24, 2.45) is 0 Å². The van der Waals surface area contributed by atoms with Gasteiger partial charge in [-0.3, -0.25) is 0 Å². The molecule has 0 saturated carbocycles. The van der Waals surface area contributed by atoms with Crippen molar-refractivity contribution in [2.75, 3.05) is 4.90 Å². The zero-order valence-electron chi connectivity index (χ0n) is 31.6. The summed E-state index contributed by atoms with van der Waals surface area (Å²) in [4.78, 5) is 2.38. The lowest BCUT2D eigenvalue weighted by atomic mass is 9.93. The smallest absolute Gasteiger partial charge is 0.143 e. The first-order chi connectivity index (χ1) is 28.7. The second-order valence-corrected chi connectivity index (χ2v) is 15.3. The van der Waals surface area contributed by atoms with Crippen LogP contribution < -0.4 is 4.90 Å². The molecule has 0 unspecified atom stereocenters. The van der Waals surface area contributed by atoms with Gasteiger partial charge in [-0.2, -0.15) is 0 Å². The maximum atomic E-state index is 6.69. The molecule has 1 aromatic heterocycles. The van der Waals surface area contributed by atoms with Crippen molar-refractivity contribution in [3.05, 3.63) is 212 Å². The van der Waals surface area contributed by atoms with Crippen molar-refractivity contribution in [1.82, 2.24) is 0 Å². The number of fused-ring (bicyclic) bond motifs is 11. The van der Waals surface area contributed by atoms with Crippen LogP contribution in [-0.4, -0.2) is 0 Å². The molecule has 0 fully saturated rings. The fourth-order valence-corrected chi connectivity index (χ4v) is 9.23. The minimum atomic E-state index is 0.869. The number of hydrogen-bond acceptors (Lipinski definition) is 2. The molecular weight excluding hydrogens is 703 g/mol. The van der Waals surface area contributed by atoms with Crippen molar-refractivity contribution in [3.63, 3.8) is 0 Å². The lowest BCUT2D eigenvalue weighted by Gasteiger charge is -2.27. The highest BCUT2D eigenvalue weighted by Crippen LogP contribution is 2.45. The lowest BCUT2D eigenvalue weighted by molar-refractivity contribution is 0.672. The van der Waals surface area contributed by atoms with Crippen LogP contribution in [0.1, 0.15) is 0 Å². The van der Waals surface area contributed by atoms with Gasteiger partial charge in [0.15, 0.2) is 0 Å². The summed E-state index contributed by atoms with van der Waals surface area (Å²) in [5.41, 5.74) is 9.79. The van der Waals surface area contributed by atoms with Gasteiger partial charge in [-0.1, -0.05) is 158 Å². The van der Waals surface area contributed by atoms with Gasteiger partial charge in [0.1, 0.15) is 11.2 Å². The Bertz CT molecular complexity index is 3560. The first-order valence-electron chi connectivity index (χ1n) is 19.9. The maximum absolute atomic E-state index is 6.69. The summed E-state index contributed by atoms with van der Waals surface area (Å²) in [6.45, 7) is 0. The van der Waals surface area contributed by atoms with Crippen molar-refractivity contribution < 1.29 is 4.42 Å². The Labute approximate surface area is 335 Å². The molecule has 58 heavy (non-hydrogen) atoms. The van der Waals surface area contributed by atoms with Gasteiger partial charge >= 0.3 is 0 Å². The van der Waals surface area contributed by atoms with Gasteiger partial charge in [0, 0.05) is 22.1 Å². The normalized spacial score (nSPS) is 11.8. The number of benzene rings is 11. The molecule has 1 heterocycles. The number of nitrogens with zero attached hydrogens (tertiary/aromatic N) is 1. The molecule has 270 valence electrons. The summed E-state index contributed by atoms with van der Waals surface area (Å²) >= 11 is 0. The zero-order chi connectivity index (χ0) is 38.2. The van der Waals surface area contributed by atoms with E-state index in [-0.39, 0.29) is 0 Å². The third-order valence-corrected chi connectivity index (χ3v) is 12.0. The van der Waals surface area contributed by atoms with E-state index < -0.39 is 0 Å². The first-order valence-corrected chi connectivity index (χ1v) is 19.9. The third kappa shape index (κ3) is 5.12. The van der Waals surface area contributed by atoms with E-state index in [1.165, 1.54) is 70.7 Å². The Morgan fingerprint density at radius 1 is 0.310 bits per heavy atom. The van der Waals surface area contributed by atoms with E-state index in [1.54, 1.807) is 0 Å². The molecule has 0 saturated heterocycles. The molecular formula is C56H35NO. The zero-order valence-corrected chi connectivity index (χ0v) is 31.6. The summed E-state index contributed by atoms with van der Waals surface area (Å²) < 4.78 is 6.69. The highest BCUT2D eigenvalue weighted by molar-refractivity contribution is 6.20. The van der Waals surface area contributed by atoms with E-state index in [2.05, 4.69) is 217 Å². The topological polar surface area (TPSA) is 16.4 Å². The van der Waals surface area contributed by atoms with Crippen LogP contribution in [0.4, 0.5) is 17.1 Å². The second kappa shape index (κ2) is 12.9. The highest BCUT2D eigenvalue weighted by Gasteiger charge is 2.21. The average Bonchev–Trinajstić information content (AvgIpc) is 3.69.